The van der Waals surface area contributed by atoms with Crippen molar-refractivity contribution >= 4 is 23.3 Å². The van der Waals surface area contributed by atoms with Crippen LogP contribution in [0, 0.1) is 0 Å². The summed E-state index contributed by atoms with van der Waals surface area (Å²) in [6.45, 7) is 2.45. The zero-order valence-corrected chi connectivity index (χ0v) is 17.4. The number of alkyl halides is 3. The van der Waals surface area contributed by atoms with E-state index in [9.17, 15) is 18.0 Å². The van der Waals surface area contributed by atoms with E-state index in [2.05, 4.69) is 25.2 Å². The Balaban J connectivity index is 1.66. The predicted molar refractivity (Wildman–Crippen MR) is 113 cm³/mol. The lowest BCUT2D eigenvalue weighted by molar-refractivity contribution is -0.141. The Morgan fingerprint density at radius 3 is 2.64 bits per heavy atom. The van der Waals surface area contributed by atoms with Gasteiger partial charge in [-0.25, -0.2) is 15.0 Å². The summed E-state index contributed by atoms with van der Waals surface area (Å²) in [6, 6.07) is 6.27. The summed E-state index contributed by atoms with van der Waals surface area (Å²) in [5.74, 6) is -1.09. The van der Waals surface area contributed by atoms with Crippen LogP contribution in [0.15, 0.2) is 43.0 Å². The van der Waals surface area contributed by atoms with Gasteiger partial charge in [-0.3, -0.25) is 4.79 Å². The van der Waals surface area contributed by atoms with Crippen molar-refractivity contribution in [2.75, 3.05) is 36.5 Å². The molecule has 0 aliphatic carbocycles. The van der Waals surface area contributed by atoms with Crippen molar-refractivity contribution in [2.45, 2.75) is 19.0 Å². The van der Waals surface area contributed by atoms with Gasteiger partial charge in [-0.15, -0.1) is 0 Å². The van der Waals surface area contributed by atoms with E-state index >= 15 is 0 Å². The molecule has 0 unspecified atom stereocenters. The van der Waals surface area contributed by atoms with Gasteiger partial charge in [-0.1, -0.05) is 0 Å². The molecule has 12 heteroatoms. The molecule has 1 fully saturated rings. The number of imidazole rings is 1. The van der Waals surface area contributed by atoms with Crippen LogP contribution in [0.2, 0.25) is 0 Å². The molecule has 2 N–H and O–H groups in total. The SMILES string of the molecule is O=C(O)CCc1cn(-c2cc(Nc3nccc(C(F)(F)F)n3)cc(N3CCOCC3)c2)cn1. The summed E-state index contributed by atoms with van der Waals surface area (Å²) in [4.78, 5) is 24.7. The van der Waals surface area contributed by atoms with Crippen molar-refractivity contribution in [3.8, 4) is 5.69 Å². The standard InChI is InChI=1S/C21H21F3N6O3/c22-21(23,24)18-3-4-25-20(28-18)27-15-9-16(29-5-7-33-8-6-29)11-17(10-15)30-12-14(26-13-30)1-2-19(31)32/h3-4,9-13H,1-2,5-8H2,(H,31,32)(H,25,27,28). The van der Waals surface area contributed by atoms with Crippen LogP contribution in [0.1, 0.15) is 17.8 Å². The molecule has 9 nitrogen and oxygen atoms in total. The van der Waals surface area contributed by atoms with Crippen LogP contribution >= 0.6 is 0 Å². The Hall–Kier alpha value is -3.67. The normalized spacial score (nSPS) is 14.3. The van der Waals surface area contributed by atoms with Crippen LogP contribution in [0.3, 0.4) is 0 Å². The summed E-state index contributed by atoms with van der Waals surface area (Å²) in [7, 11) is 0. The van der Waals surface area contributed by atoms with Crippen molar-refractivity contribution < 1.29 is 27.8 Å². The fourth-order valence-corrected chi connectivity index (χ4v) is 3.40. The van der Waals surface area contributed by atoms with Crippen molar-refractivity contribution in [3.63, 3.8) is 0 Å². The van der Waals surface area contributed by atoms with E-state index in [1.165, 1.54) is 0 Å². The van der Waals surface area contributed by atoms with Gasteiger partial charge in [0.2, 0.25) is 5.95 Å². The molecule has 3 heterocycles. The van der Waals surface area contributed by atoms with Crippen LogP contribution in [0.25, 0.3) is 5.69 Å². The van der Waals surface area contributed by atoms with Crippen LogP contribution in [0.4, 0.5) is 30.5 Å². The molecule has 1 aliphatic heterocycles. The highest BCUT2D eigenvalue weighted by atomic mass is 19.4. The van der Waals surface area contributed by atoms with Crippen LogP contribution in [-0.4, -0.2) is 56.9 Å². The van der Waals surface area contributed by atoms with Gasteiger partial charge < -0.3 is 24.6 Å². The second-order valence-corrected chi connectivity index (χ2v) is 7.39. The minimum absolute atomic E-state index is 0.0372. The molecule has 3 aromatic rings. The number of anilines is 3. The maximum atomic E-state index is 13.0. The number of benzene rings is 1. The first kappa shape index (κ1) is 22.5. The third-order valence-electron chi connectivity index (χ3n) is 5.01. The molecular formula is C21H21F3N6O3. The Morgan fingerprint density at radius 2 is 1.91 bits per heavy atom. The van der Waals surface area contributed by atoms with Gasteiger partial charge in [0.25, 0.3) is 0 Å². The van der Waals surface area contributed by atoms with E-state index in [1.54, 1.807) is 29.2 Å². The molecule has 2 aromatic heterocycles. The van der Waals surface area contributed by atoms with Gasteiger partial charge in [-0.05, 0) is 24.3 Å². The molecule has 1 aliphatic rings. The lowest BCUT2D eigenvalue weighted by atomic mass is 10.2. The van der Waals surface area contributed by atoms with Crippen LogP contribution < -0.4 is 10.2 Å². The van der Waals surface area contributed by atoms with E-state index < -0.39 is 17.8 Å². The zero-order valence-electron chi connectivity index (χ0n) is 17.4. The molecule has 0 radical (unpaired) electrons. The van der Waals surface area contributed by atoms with Gasteiger partial charge in [0.05, 0.1) is 37.3 Å². The summed E-state index contributed by atoms with van der Waals surface area (Å²) in [5, 5.41) is 11.7. The number of carboxylic acid groups (broad SMARTS) is 1. The van der Waals surface area contributed by atoms with Gasteiger partial charge >= 0.3 is 12.1 Å². The number of aromatic nitrogens is 4. The summed E-state index contributed by atoms with van der Waals surface area (Å²) in [5.41, 5.74) is 1.61. The molecule has 4 rings (SSSR count). The summed E-state index contributed by atoms with van der Waals surface area (Å²) < 4.78 is 46.2. The van der Waals surface area contributed by atoms with Crippen molar-refractivity contribution in [1.82, 2.24) is 19.5 Å². The number of rotatable bonds is 7. The number of aryl methyl sites for hydroxylation is 1. The average Bonchev–Trinajstić information content (AvgIpc) is 3.27. The highest BCUT2D eigenvalue weighted by Gasteiger charge is 2.32. The number of carbonyl (C=O) groups is 1. The topological polar surface area (TPSA) is 105 Å². The van der Waals surface area contributed by atoms with Gasteiger partial charge in [-0.2, -0.15) is 13.2 Å². The third-order valence-corrected chi connectivity index (χ3v) is 5.01. The first-order valence-electron chi connectivity index (χ1n) is 10.2. The van der Waals surface area contributed by atoms with Gasteiger partial charge in [0, 0.05) is 43.3 Å². The number of nitrogens with one attached hydrogen (secondary N) is 1. The molecule has 0 amide bonds. The molecular weight excluding hydrogens is 441 g/mol. The smallest absolute Gasteiger partial charge is 0.433 e. The largest absolute Gasteiger partial charge is 0.481 e. The minimum Gasteiger partial charge on any atom is -0.481 e. The fraction of sp³-hybridized carbons (Fsp3) is 0.333. The Kier molecular flexibility index (Phi) is 6.45. The van der Waals surface area contributed by atoms with Crippen molar-refractivity contribution in [1.29, 1.82) is 0 Å². The van der Waals surface area contributed by atoms with Crippen molar-refractivity contribution in [2.24, 2.45) is 0 Å². The number of hydrogen-bond acceptors (Lipinski definition) is 7. The molecule has 1 saturated heterocycles. The Labute approximate surface area is 186 Å². The highest BCUT2D eigenvalue weighted by molar-refractivity contribution is 5.68. The lowest BCUT2D eigenvalue weighted by Gasteiger charge is -2.29. The second-order valence-electron chi connectivity index (χ2n) is 7.39. The lowest BCUT2D eigenvalue weighted by Crippen LogP contribution is -2.36. The maximum absolute atomic E-state index is 13.0. The number of nitrogens with zero attached hydrogens (tertiary/aromatic N) is 5. The van der Waals surface area contributed by atoms with E-state index in [1.807, 2.05) is 6.07 Å². The van der Waals surface area contributed by atoms with Crippen LogP contribution in [-0.2, 0) is 22.1 Å². The average molecular weight is 462 g/mol. The molecule has 0 spiro atoms. The quantitative estimate of drug-likeness (QED) is 0.551. The Bertz CT molecular complexity index is 1130. The number of ether oxygens (including phenoxy) is 1. The molecule has 0 bridgehead atoms. The molecule has 174 valence electrons. The monoisotopic (exact) mass is 462 g/mol. The van der Waals surface area contributed by atoms with E-state index in [0.717, 1.165) is 18.0 Å². The summed E-state index contributed by atoms with van der Waals surface area (Å²) >= 11 is 0. The number of carboxylic acids is 1. The fourth-order valence-electron chi connectivity index (χ4n) is 3.40. The molecule has 0 saturated carbocycles. The molecule has 33 heavy (non-hydrogen) atoms. The number of halogens is 3. The second kappa shape index (κ2) is 9.45. The molecule has 0 atom stereocenters. The number of aliphatic carboxylic acids is 1. The molecule has 1 aromatic carbocycles. The zero-order chi connectivity index (χ0) is 23.4. The first-order chi connectivity index (χ1) is 15.8. The van der Waals surface area contributed by atoms with Crippen molar-refractivity contribution in [3.05, 3.63) is 54.4 Å². The van der Waals surface area contributed by atoms with E-state index in [-0.39, 0.29) is 18.8 Å². The number of morpholine rings is 1. The first-order valence-corrected chi connectivity index (χ1v) is 10.2. The predicted octanol–water partition coefficient (Wildman–Crippen LogP) is 3.28. The van der Waals surface area contributed by atoms with Gasteiger partial charge in [0.15, 0.2) is 0 Å². The van der Waals surface area contributed by atoms with Gasteiger partial charge in [0.1, 0.15) is 5.69 Å². The van der Waals surface area contributed by atoms with E-state index in [0.29, 0.717) is 43.4 Å². The highest BCUT2D eigenvalue weighted by Crippen LogP contribution is 2.30. The number of hydrogen-bond donors (Lipinski definition) is 2. The minimum atomic E-state index is -4.58. The van der Waals surface area contributed by atoms with Crippen LogP contribution in [0.5, 0.6) is 0 Å². The Morgan fingerprint density at radius 1 is 1.15 bits per heavy atom. The van der Waals surface area contributed by atoms with E-state index in [4.69, 9.17) is 9.84 Å². The summed E-state index contributed by atoms with van der Waals surface area (Å²) in [6.07, 6.45) is 0.0180. The maximum Gasteiger partial charge on any atom is 0.433 e. The third kappa shape index (κ3) is 5.77.